The van der Waals surface area contributed by atoms with E-state index in [0.717, 1.165) is 12.1 Å². The van der Waals surface area contributed by atoms with Crippen molar-refractivity contribution in [3.8, 4) is 0 Å². The summed E-state index contributed by atoms with van der Waals surface area (Å²) in [6.45, 7) is 0.226. The number of carbonyl (C=O) groups excluding carboxylic acids is 2. The number of hydrogen-bond donors (Lipinski definition) is 1. The van der Waals surface area contributed by atoms with Gasteiger partial charge in [0.05, 0.1) is 6.54 Å². The Kier molecular flexibility index (Phi) is 4.15. The molecule has 5 nitrogen and oxygen atoms in total. The normalized spacial score (nSPS) is 26.9. The molecule has 0 aromatic heterocycles. The predicted molar refractivity (Wildman–Crippen MR) is 79.7 cm³/mol. The fourth-order valence-electron chi connectivity index (χ4n) is 3.51. The Labute approximate surface area is 137 Å². The van der Waals surface area contributed by atoms with E-state index >= 15 is 4.39 Å². The molecule has 24 heavy (non-hydrogen) atoms. The van der Waals surface area contributed by atoms with Gasteiger partial charge in [-0.25, -0.2) is 18.0 Å². The van der Waals surface area contributed by atoms with E-state index in [2.05, 4.69) is 0 Å². The number of carbonyl (C=O) groups is 2. The van der Waals surface area contributed by atoms with Crippen LogP contribution in [-0.4, -0.2) is 47.4 Å². The maximum absolute atomic E-state index is 15.1. The molecule has 0 bridgehead atoms. The highest BCUT2D eigenvalue weighted by molar-refractivity contribution is 5.87. The van der Waals surface area contributed by atoms with Gasteiger partial charge in [-0.3, -0.25) is 4.79 Å². The highest BCUT2D eigenvalue weighted by Crippen LogP contribution is 2.37. The lowest BCUT2D eigenvalue weighted by Crippen LogP contribution is -2.49. The van der Waals surface area contributed by atoms with E-state index < -0.39 is 29.4 Å². The number of amides is 3. The summed E-state index contributed by atoms with van der Waals surface area (Å²) in [5.74, 6) is -2.09. The van der Waals surface area contributed by atoms with Gasteiger partial charge in [0.1, 0.15) is 17.7 Å². The number of halogens is 3. The van der Waals surface area contributed by atoms with Crippen molar-refractivity contribution in [2.24, 2.45) is 5.73 Å². The van der Waals surface area contributed by atoms with Gasteiger partial charge in [-0.05, 0) is 30.5 Å². The van der Waals surface area contributed by atoms with Crippen LogP contribution in [0.15, 0.2) is 18.2 Å². The van der Waals surface area contributed by atoms with Gasteiger partial charge in [-0.2, -0.15) is 0 Å². The zero-order chi connectivity index (χ0) is 17.5. The van der Waals surface area contributed by atoms with E-state index in [1.54, 1.807) is 0 Å². The second kappa shape index (κ2) is 5.99. The summed E-state index contributed by atoms with van der Waals surface area (Å²) in [6.07, 6.45) is 1.08. The van der Waals surface area contributed by atoms with Crippen molar-refractivity contribution >= 4 is 11.9 Å². The molecule has 0 aliphatic carbocycles. The van der Waals surface area contributed by atoms with Crippen LogP contribution >= 0.6 is 0 Å². The summed E-state index contributed by atoms with van der Waals surface area (Å²) in [6, 6.07) is 1.21. The first-order chi connectivity index (χ1) is 11.3. The Morgan fingerprint density at radius 2 is 1.83 bits per heavy atom. The lowest BCUT2D eigenvalue weighted by atomic mass is 9.95. The van der Waals surface area contributed by atoms with Gasteiger partial charge in [-0.15, -0.1) is 0 Å². The summed E-state index contributed by atoms with van der Waals surface area (Å²) in [4.78, 5) is 26.5. The SMILES string of the molecule is NC(=O)N1CCC[C@H]1C(=O)N1CCC(F)(c2cc(F)cc(F)c2)C1. The molecular formula is C16H18F3N3O2. The molecule has 2 aliphatic rings. The molecule has 2 fully saturated rings. The number of rotatable bonds is 2. The van der Waals surface area contributed by atoms with E-state index in [0.29, 0.717) is 25.5 Å². The van der Waals surface area contributed by atoms with E-state index in [9.17, 15) is 18.4 Å². The van der Waals surface area contributed by atoms with Crippen molar-refractivity contribution in [3.63, 3.8) is 0 Å². The molecule has 1 aromatic rings. The van der Waals surface area contributed by atoms with Crippen LogP contribution in [0.25, 0.3) is 0 Å². The summed E-state index contributed by atoms with van der Waals surface area (Å²) in [5.41, 5.74) is 3.14. The Hall–Kier alpha value is -2.25. The quantitative estimate of drug-likeness (QED) is 0.893. The van der Waals surface area contributed by atoms with Gasteiger partial charge in [0.15, 0.2) is 5.67 Å². The minimum Gasteiger partial charge on any atom is -0.351 e. The number of alkyl halides is 1. The number of nitrogens with two attached hydrogens (primary N) is 1. The van der Waals surface area contributed by atoms with Crippen LogP contribution in [0.4, 0.5) is 18.0 Å². The summed E-state index contributed by atoms with van der Waals surface area (Å²) >= 11 is 0. The second-order valence-electron chi connectivity index (χ2n) is 6.32. The fourth-order valence-corrected chi connectivity index (χ4v) is 3.51. The van der Waals surface area contributed by atoms with Crippen LogP contribution in [0.2, 0.25) is 0 Å². The molecule has 1 unspecified atom stereocenters. The first-order valence-electron chi connectivity index (χ1n) is 7.80. The fraction of sp³-hybridized carbons (Fsp3) is 0.500. The van der Waals surface area contributed by atoms with Crippen molar-refractivity contribution in [2.75, 3.05) is 19.6 Å². The summed E-state index contributed by atoms with van der Waals surface area (Å²) in [7, 11) is 0. The standard InChI is InChI=1S/C16H18F3N3O2/c17-11-6-10(7-12(18)8-11)16(19)3-5-21(9-16)14(23)13-2-1-4-22(13)15(20)24/h6-8,13H,1-5,9H2,(H2,20,24)/t13-,16?/m0/s1. The molecule has 0 spiro atoms. The van der Waals surface area contributed by atoms with E-state index in [4.69, 9.17) is 5.73 Å². The number of primary amides is 1. The molecule has 0 radical (unpaired) electrons. The van der Waals surface area contributed by atoms with E-state index in [1.165, 1.54) is 9.80 Å². The van der Waals surface area contributed by atoms with Crippen LogP contribution in [0.5, 0.6) is 0 Å². The maximum atomic E-state index is 15.1. The Bertz CT molecular complexity index is 664. The van der Waals surface area contributed by atoms with Gasteiger partial charge in [0.2, 0.25) is 5.91 Å². The van der Waals surface area contributed by atoms with E-state index in [-0.39, 0.29) is 31.0 Å². The van der Waals surface area contributed by atoms with Gasteiger partial charge >= 0.3 is 6.03 Å². The average molecular weight is 341 g/mol. The van der Waals surface area contributed by atoms with Crippen molar-refractivity contribution in [3.05, 3.63) is 35.4 Å². The Balaban J connectivity index is 1.77. The molecule has 8 heteroatoms. The number of benzene rings is 1. The number of nitrogens with zero attached hydrogens (tertiary/aromatic N) is 2. The highest BCUT2D eigenvalue weighted by Gasteiger charge is 2.45. The Morgan fingerprint density at radius 3 is 2.46 bits per heavy atom. The minimum absolute atomic E-state index is 0.0507. The van der Waals surface area contributed by atoms with Crippen molar-refractivity contribution in [1.82, 2.24) is 9.80 Å². The zero-order valence-electron chi connectivity index (χ0n) is 13.0. The lowest BCUT2D eigenvalue weighted by Gasteiger charge is -2.27. The predicted octanol–water partition coefficient (Wildman–Crippen LogP) is 1.91. The molecule has 3 amide bonds. The molecule has 2 heterocycles. The Morgan fingerprint density at radius 1 is 1.17 bits per heavy atom. The molecule has 2 atom stereocenters. The molecular weight excluding hydrogens is 323 g/mol. The molecule has 2 saturated heterocycles. The third-order valence-electron chi connectivity index (χ3n) is 4.73. The zero-order valence-corrected chi connectivity index (χ0v) is 13.0. The minimum atomic E-state index is -2.01. The first kappa shape index (κ1) is 16.6. The van der Waals surface area contributed by atoms with Crippen LogP contribution in [0.3, 0.4) is 0 Å². The van der Waals surface area contributed by atoms with Crippen LogP contribution in [-0.2, 0) is 10.5 Å². The summed E-state index contributed by atoms with van der Waals surface area (Å²) in [5, 5.41) is 0. The third-order valence-corrected chi connectivity index (χ3v) is 4.73. The topological polar surface area (TPSA) is 66.6 Å². The average Bonchev–Trinajstić information content (AvgIpc) is 3.13. The molecule has 1 aromatic carbocycles. The molecule has 3 rings (SSSR count). The second-order valence-corrected chi connectivity index (χ2v) is 6.32. The van der Waals surface area contributed by atoms with Crippen molar-refractivity contribution in [2.45, 2.75) is 31.0 Å². The maximum Gasteiger partial charge on any atom is 0.315 e. The van der Waals surface area contributed by atoms with Gasteiger partial charge in [-0.1, -0.05) is 0 Å². The van der Waals surface area contributed by atoms with Gasteiger partial charge in [0.25, 0.3) is 0 Å². The number of hydrogen-bond acceptors (Lipinski definition) is 2. The van der Waals surface area contributed by atoms with Gasteiger partial charge < -0.3 is 15.5 Å². The molecule has 0 saturated carbocycles. The largest absolute Gasteiger partial charge is 0.351 e. The monoisotopic (exact) mass is 341 g/mol. The highest BCUT2D eigenvalue weighted by atomic mass is 19.1. The molecule has 130 valence electrons. The number of likely N-dealkylation sites (tertiary alicyclic amines) is 2. The van der Waals surface area contributed by atoms with Crippen molar-refractivity contribution in [1.29, 1.82) is 0 Å². The smallest absolute Gasteiger partial charge is 0.315 e. The van der Waals surface area contributed by atoms with Crippen LogP contribution in [0.1, 0.15) is 24.8 Å². The first-order valence-corrected chi connectivity index (χ1v) is 7.80. The van der Waals surface area contributed by atoms with Crippen molar-refractivity contribution < 1.29 is 22.8 Å². The lowest BCUT2D eigenvalue weighted by molar-refractivity contribution is -0.134. The molecule has 2 N–H and O–H groups in total. The number of urea groups is 1. The van der Waals surface area contributed by atoms with Crippen LogP contribution < -0.4 is 5.73 Å². The van der Waals surface area contributed by atoms with E-state index in [1.807, 2.05) is 0 Å². The third kappa shape index (κ3) is 2.92. The van der Waals surface area contributed by atoms with Gasteiger partial charge in [0, 0.05) is 25.6 Å². The molecule has 2 aliphatic heterocycles. The summed E-state index contributed by atoms with van der Waals surface area (Å²) < 4.78 is 41.8. The van der Waals surface area contributed by atoms with Crippen LogP contribution in [0, 0.1) is 11.6 Å².